The third-order valence-electron chi connectivity index (χ3n) is 6.82. The summed E-state index contributed by atoms with van der Waals surface area (Å²) in [7, 11) is 4.15. The van der Waals surface area contributed by atoms with Gasteiger partial charge < -0.3 is 10.2 Å². The van der Waals surface area contributed by atoms with E-state index in [9.17, 15) is 4.79 Å². The number of rotatable bonds is 5. The molecule has 2 aromatic heterocycles. The summed E-state index contributed by atoms with van der Waals surface area (Å²) in [5, 5.41) is 11.7. The molecule has 1 aliphatic carbocycles. The number of benzene rings is 2. The molecular formula is C27H25N5O. The van der Waals surface area contributed by atoms with E-state index in [1.54, 1.807) is 6.20 Å². The van der Waals surface area contributed by atoms with Crippen molar-refractivity contribution in [2.24, 2.45) is 0 Å². The van der Waals surface area contributed by atoms with Crippen molar-refractivity contribution in [3.63, 3.8) is 0 Å². The summed E-state index contributed by atoms with van der Waals surface area (Å²) in [5.41, 5.74) is 6.04. The van der Waals surface area contributed by atoms with E-state index in [0.29, 0.717) is 5.82 Å². The molecule has 164 valence electrons. The van der Waals surface area contributed by atoms with Crippen LogP contribution in [0.4, 0.5) is 5.82 Å². The molecule has 1 amide bonds. The molecule has 3 heterocycles. The maximum Gasteiger partial charge on any atom is 0.236 e. The SMILES string of the molecule is CN(C)Cc1ccc(/C=C/c2n[nH]c3cc([C@@H]4CC45C(=O)Nc4ncccc45)ccc23)cc1. The number of nitrogens with zero attached hydrogens (tertiary/aromatic N) is 3. The smallest absolute Gasteiger partial charge is 0.236 e. The van der Waals surface area contributed by atoms with Crippen LogP contribution in [0.5, 0.6) is 0 Å². The van der Waals surface area contributed by atoms with Crippen LogP contribution in [0.3, 0.4) is 0 Å². The van der Waals surface area contributed by atoms with E-state index < -0.39 is 5.41 Å². The fourth-order valence-corrected chi connectivity index (χ4v) is 5.10. The first-order valence-corrected chi connectivity index (χ1v) is 11.2. The lowest BCUT2D eigenvalue weighted by atomic mass is 9.93. The lowest BCUT2D eigenvalue weighted by molar-refractivity contribution is -0.118. The van der Waals surface area contributed by atoms with Crippen LogP contribution in [0.15, 0.2) is 60.8 Å². The number of aromatic amines is 1. The molecule has 4 aromatic rings. The summed E-state index contributed by atoms with van der Waals surface area (Å²) in [4.78, 5) is 19.3. The van der Waals surface area contributed by atoms with Crippen LogP contribution in [0, 0.1) is 0 Å². The van der Waals surface area contributed by atoms with Gasteiger partial charge in [-0.3, -0.25) is 9.89 Å². The number of hydrogen-bond acceptors (Lipinski definition) is 4. The van der Waals surface area contributed by atoms with Crippen molar-refractivity contribution >= 4 is 34.8 Å². The predicted molar refractivity (Wildman–Crippen MR) is 131 cm³/mol. The fraction of sp³-hybridized carbons (Fsp3) is 0.222. The van der Waals surface area contributed by atoms with E-state index in [4.69, 9.17) is 0 Å². The summed E-state index contributed by atoms with van der Waals surface area (Å²) in [5.74, 6) is 0.927. The van der Waals surface area contributed by atoms with Gasteiger partial charge in [0, 0.05) is 29.6 Å². The summed E-state index contributed by atoms with van der Waals surface area (Å²) in [6, 6.07) is 18.9. The van der Waals surface area contributed by atoms with Crippen molar-refractivity contribution in [1.29, 1.82) is 0 Å². The number of nitrogens with one attached hydrogen (secondary N) is 2. The average Bonchev–Trinajstić information content (AvgIpc) is 3.35. The zero-order valence-corrected chi connectivity index (χ0v) is 18.7. The third-order valence-corrected chi connectivity index (χ3v) is 6.82. The van der Waals surface area contributed by atoms with Gasteiger partial charge >= 0.3 is 0 Å². The van der Waals surface area contributed by atoms with Gasteiger partial charge in [-0.1, -0.05) is 48.5 Å². The van der Waals surface area contributed by atoms with Crippen molar-refractivity contribution in [2.75, 3.05) is 19.4 Å². The van der Waals surface area contributed by atoms with Crippen LogP contribution in [0.1, 0.15) is 40.3 Å². The van der Waals surface area contributed by atoms with E-state index in [2.05, 4.69) is 88.0 Å². The van der Waals surface area contributed by atoms with Crippen molar-refractivity contribution < 1.29 is 4.79 Å². The minimum absolute atomic E-state index is 0.0612. The first-order chi connectivity index (χ1) is 16.0. The monoisotopic (exact) mass is 435 g/mol. The van der Waals surface area contributed by atoms with E-state index in [1.165, 1.54) is 5.56 Å². The molecular weight excluding hydrogens is 410 g/mol. The van der Waals surface area contributed by atoms with Crippen LogP contribution in [0.25, 0.3) is 23.1 Å². The van der Waals surface area contributed by atoms with Gasteiger partial charge in [0.15, 0.2) is 0 Å². The zero-order chi connectivity index (χ0) is 22.6. The molecule has 0 radical (unpaired) electrons. The summed E-state index contributed by atoms with van der Waals surface area (Å²) in [6.45, 7) is 0.933. The molecule has 2 aliphatic rings. The Bertz CT molecular complexity index is 1400. The fourth-order valence-electron chi connectivity index (χ4n) is 5.10. The number of carbonyl (C=O) groups is 1. The van der Waals surface area contributed by atoms with Gasteiger partial charge in [0.2, 0.25) is 5.91 Å². The minimum Gasteiger partial charge on any atom is -0.310 e. The third kappa shape index (κ3) is 3.26. The second kappa shape index (κ2) is 7.39. The number of anilines is 1. The van der Waals surface area contributed by atoms with Crippen molar-refractivity contribution in [1.82, 2.24) is 20.1 Å². The Morgan fingerprint density at radius 3 is 2.79 bits per heavy atom. The lowest BCUT2D eigenvalue weighted by Crippen LogP contribution is -2.20. The Kier molecular flexibility index (Phi) is 4.45. The van der Waals surface area contributed by atoms with Gasteiger partial charge in [0.1, 0.15) is 5.82 Å². The largest absolute Gasteiger partial charge is 0.310 e. The number of fused-ring (bicyclic) bond motifs is 3. The lowest BCUT2D eigenvalue weighted by Gasteiger charge is -2.09. The Hall–Kier alpha value is -3.77. The van der Waals surface area contributed by atoms with Gasteiger partial charge in [0.05, 0.1) is 16.6 Å². The Labute approximate surface area is 192 Å². The highest BCUT2D eigenvalue weighted by atomic mass is 16.2. The van der Waals surface area contributed by atoms with Gasteiger partial charge in [0.25, 0.3) is 0 Å². The second-order valence-corrected chi connectivity index (χ2v) is 9.31. The van der Waals surface area contributed by atoms with Crippen LogP contribution in [0.2, 0.25) is 0 Å². The van der Waals surface area contributed by atoms with Crippen molar-refractivity contribution in [2.45, 2.75) is 24.3 Å². The molecule has 1 saturated carbocycles. The number of aromatic nitrogens is 3. The molecule has 0 bridgehead atoms. The minimum atomic E-state index is -0.473. The van der Waals surface area contributed by atoms with E-state index in [-0.39, 0.29) is 11.8 Å². The van der Waals surface area contributed by atoms with Crippen LogP contribution < -0.4 is 5.32 Å². The summed E-state index contributed by atoms with van der Waals surface area (Å²) >= 11 is 0. The normalized spacial score (nSPS) is 21.3. The van der Waals surface area contributed by atoms with Crippen LogP contribution >= 0.6 is 0 Å². The standard InChI is InChI=1S/C27H25N5O/c1-32(2)16-18-7-5-17(6-8-18)9-12-23-20-11-10-19(14-24(20)31-30-23)22-15-27(22)21-4-3-13-28-25(21)29-26(27)33/h3-14,22H,15-16H2,1-2H3,(H,30,31)(H,28,29,33)/b12-9+/t22-,27?/m0/s1. The molecule has 6 heteroatoms. The maximum atomic E-state index is 12.8. The molecule has 6 nitrogen and oxygen atoms in total. The molecule has 1 fully saturated rings. The average molecular weight is 436 g/mol. The zero-order valence-electron chi connectivity index (χ0n) is 18.7. The molecule has 33 heavy (non-hydrogen) atoms. The predicted octanol–water partition coefficient (Wildman–Crippen LogP) is 4.57. The Morgan fingerprint density at radius 2 is 1.97 bits per heavy atom. The molecule has 2 atom stereocenters. The number of carbonyl (C=O) groups excluding carboxylic acids is 1. The van der Waals surface area contributed by atoms with Crippen LogP contribution in [-0.2, 0) is 16.8 Å². The van der Waals surface area contributed by atoms with Crippen molar-refractivity contribution in [3.8, 4) is 0 Å². The molecule has 2 N–H and O–H groups in total. The van der Waals surface area contributed by atoms with Gasteiger partial charge in [-0.25, -0.2) is 4.98 Å². The van der Waals surface area contributed by atoms with Gasteiger partial charge in [-0.05, 0) is 55.4 Å². The van der Waals surface area contributed by atoms with E-state index in [0.717, 1.165) is 46.3 Å². The molecule has 6 rings (SSSR count). The topological polar surface area (TPSA) is 73.9 Å². The number of pyridine rings is 1. The van der Waals surface area contributed by atoms with E-state index >= 15 is 0 Å². The number of amides is 1. The van der Waals surface area contributed by atoms with Crippen LogP contribution in [-0.4, -0.2) is 40.1 Å². The van der Waals surface area contributed by atoms with Gasteiger partial charge in [-0.15, -0.1) is 0 Å². The number of H-pyrrole nitrogens is 1. The van der Waals surface area contributed by atoms with E-state index in [1.807, 2.05) is 18.2 Å². The quantitative estimate of drug-likeness (QED) is 0.482. The van der Waals surface area contributed by atoms with Gasteiger partial charge in [-0.2, -0.15) is 5.10 Å². The Morgan fingerprint density at radius 1 is 1.12 bits per heavy atom. The molecule has 1 unspecified atom stereocenters. The maximum absolute atomic E-state index is 12.8. The first kappa shape index (κ1) is 19.9. The Balaban J connectivity index is 1.24. The summed E-state index contributed by atoms with van der Waals surface area (Å²) in [6.07, 6.45) is 6.67. The molecule has 0 saturated heterocycles. The molecule has 1 aliphatic heterocycles. The highest BCUT2D eigenvalue weighted by molar-refractivity contribution is 6.09. The highest BCUT2D eigenvalue weighted by Gasteiger charge is 2.65. The second-order valence-electron chi connectivity index (χ2n) is 9.31. The summed E-state index contributed by atoms with van der Waals surface area (Å²) < 4.78 is 0. The van der Waals surface area contributed by atoms with Crippen molar-refractivity contribution in [3.05, 3.63) is 88.7 Å². The molecule has 1 spiro atoms. The highest BCUT2D eigenvalue weighted by Crippen LogP contribution is 2.64. The first-order valence-electron chi connectivity index (χ1n) is 11.2. The number of hydrogen-bond donors (Lipinski definition) is 2. The molecule has 2 aromatic carbocycles.